The number of esters is 6. The summed E-state index contributed by atoms with van der Waals surface area (Å²) in [5.74, 6) is -3.92. The number of carbonyl (C=O) groups is 6. The van der Waals surface area contributed by atoms with Gasteiger partial charge in [0.05, 0.1) is 25.2 Å². The first-order valence-corrected chi connectivity index (χ1v) is 20.0. The third-order valence-electron chi connectivity index (χ3n) is 9.39. The van der Waals surface area contributed by atoms with Gasteiger partial charge in [0.2, 0.25) is 0 Å². The van der Waals surface area contributed by atoms with Crippen LogP contribution >= 0.6 is 0 Å². The number of unbranched alkanes of at least 4 members (excludes halogenated alkanes) is 3. The molecule has 0 N–H and O–H groups in total. The Morgan fingerprint density at radius 3 is 0.852 bits per heavy atom. The van der Waals surface area contributed by atoms with Crippen molar-refractivity contribution in [2.45, 2.75) is 132 Å². The summed E-state index contributed by atoms with van der Waals surface area (Å²) < 4.78 is 32.0. The Labute approximate surface area is 323 Å². The van der Waals surface area contributed by atoms with Gasteiger partial charge in [0.1, 0.15) is 19.8 Å². The maximum atomic E-state index is 12.6. The first-order chi connectivity index (χ1) is 25.9. The predicted octanol–water partition coefficient (Wildman–Crippen LogP) is 7.96. The van der Waals surface area contributed by atoms with E-state index in [9.17, 15) is 28.8 Å². The number of rotatable bonds is 31. The zero-order valence-corrected chi connectivity index (χ0v) is 34.0. The van der Waals surface area contributed by atoms with Crippen molar-refractivity contribution >= 4 is 35.8 Å². The van der Waals surface area contributed by atoms with E-state index >= 15 is 0 Å². The van der Waals surface area contributed by atoms with E-state index in [2.05, 4.69) is 20.8 Å². The summed E-state index contributed by atoms with van der Waals surface area (Å²) in [6.07, 6.45) is 17.6. The van der Waals surface area contributed by atoms with Gasteiger partial charge in [-0.1, -0.05) is 106 Å². The van der Waals surface area contributed by atoms with Gasteiger partial charge >= 0.3 is 35.8 Å². The highest BCUT2D eigenvalue weighted by Gasteiger charge is 2.34. The van der Waals surface area contributed by atoms with Crippen LogP contribution in [-0.2, 0) is 57.2 Å². The second-order valence-corrected chi connectivity index (χ2v) is 13.8. The predicted molar refractivity (Wildman–Crippen MR) is 206 cm³/mol. The van der Waals surface area contributed by atoms with Gasteiger partial charge in [-0.25, -0.2) is 28.8 Å². The highest BCUT2D eigenvalue weighted by atomic mass is 16.6. The number of hydrogen-bond acceptors (Lipinski definition) is 12. The molecule has 0 aliphatic heterocycles. The van der Waals surface area contributed by atoms with Crippen LogP contribution in [0.1, 0.15) is 132 Å². The van der Waals surface area contributed by atoms with Crippen molar-refractivity contribution in [3.05, 3.63) is 36.5 Å². The smallest absolute Gasteiger partial charge is 0.331 e. The Morgan fingerprint density at radius 1 is 0.407 bits per heavy atom. The molecule has 0 rings (SSSR count). The minimum Gasteiger partial charge on any atom is -0.462 e. The van der Waals surface area contributed by atoms with Crippen LogP contribution in [0, 0.1) is 23.2 Å². The van der Waals surface area contributed by atoms with Crippen molar-refractivity contribution in [2.75, 3.05) is 39.6 Å². The standard InChI is InChI=1S/C42H68O12/c1-8-15-18-33(11-4)27-49-36(43)21-24-39(46)52-30-42(14-7,31-53-40(47)25-22-37(44)50-28-34(12-5)19-16-9-2)32-54-41(48)26-23-38(45)51-29-35(13-6)20-17-10-3/h21-26,33-35H,8-20,27-32H2,1-7H3. The molecule has 0 spiro atoms. The summed E-state index contributed by atoms with van der Waals surface area (Å²) in [6, 6.07) is 0. The number of carbonyl (C=O) groups excluding carboxylic acids is 6. The van der Waals surface area contributed by atoms with E-state index in [4.69, 9.17) is 28.4 Å². The Bertz CT molecular complexity index is 1050. The fraction of sp³-hybridized carbons (Fsp3) is 0.714. The van der Waals surface area contributed by atoms with E-state index < -0.39 is 41.2 Å². The molecule has 3 atom stereocenters. The largest absolute Gasteiger partial charge is 0.462 e. The van der Waals surface area contributed by atoms with Crippen LogP contribution in [0.3, 0.4) is 0 Å². The van der Waals surface area contributed by atoms with E-state index in [-0.39, 0.29) is 63.8 Å². The number of ether oxygens (including phenoxy) is 6. The van der Waals surface area contributed by atoms with Gasteiger partial charge in [0.15, 0.2) is 0 Å². The molecule has 308 valence electrons. The van der Waals surface area contributed by atoms with Crippen molar-refractivity contribution in [3.8, 4) is 0 Å². The van der Waals surface area contributed by atoms with Crippen LogP contribution in [0.25, 0.3) is 0 Å². The lowest BCUT2D eigenvalue weighted by Gasteiger charge is -2.30. The summed E-state index contributed by atoms with van der Waals surface area (Å²) in [4.78, 5) is 74.5. The van der Waals surface area contributed by atoms with Gasteiger partial charge in [-0.15, -0.1) is 0 Å². The molecule has 0 fully saturated rings. The third-order valence-corrected chi connectivity index (χ3v) is 9.39. The van der Waals surface area contributed by atoms with E-state index in [1.807, 2.05) is 20.8 Å². The fourth-order valence-electron chi connectivity index (χ4n) is 5.10. The Morgan fingerprint density at radius 2 is 0.648 bits per heavy atom. The zero-order chi connectivity index (χ0) is 40.6. The molecular weight excluding hydrogens is 696 g/mol. The second-order valence-electron chi connectivity index (χ2n) is 13.8. The second kappa shape index (κ2) is 31.4. The van der Waals surface area contributed by atoms with E-state index in [1.54, 1.807) is 6.92 Å². The summed E-state index contributed by atoms with van der Waals surface area (Å²) >= 11 is 0. The van der Waals surface area contributed by atoms with Gasteiger partial charge < -0.3 is 28.4 Å². The Kier molecular flexibility index (Phi) is 29.1. The molecule has 0 bridgehead atoms. The van der Waals surface area contributed by atoms with Crippen LogP contribution in [0.4, 0.5) is 0 Å². The van der Waals surface area contributed by atoms with E-state index in [0.29, 0.717) is 0 Å². The third kappa shape index (κ3) is 25.1. The van der Waals surface area contributed by atoms with Crippen LogP contribution in [-0.4, -0.2) is 75.5 Å². The van der Waals surface area contributed by atoms with Gasteiger partial charge in [0.25, 0.3) is 0 Å². The summed E-state index contributed by atoms with van der Waals surface area (Å²) in [5.41, 5.74) is -1.22. The molecule has 0 saturated carbocycles. The molecule has 0 aliphatic rings. The van der Waals surface area contributed by atoms with Gasteiger partial charge in [0, 0.05) is 36.5 Å². The summed E-state index contributed by atoms with van der Waals surface area (Å²) in [7, 11) is 0. The normalized spacial score (nSPS) is 14.3. The average molecular weight is 765 g/mol. The quantitative estimate of drug-likeness (QED) is 0.0382. The molecule has 0 amide bonds. The molecule has 12 heteroatoms. The Hall–Kier alpha value is -3.96. The molecule has 0 radical (unpaired) electrons. The van der Waals surface area contributed by atoms with Gasteiger partial charge in [-0.3, -0.25) is 0 Å². The molecule has 3 unspecified atom stereocenters. The highest BCUT2D eigenvalue weighted by molar-refractivity contribution is 5.93. The Balaban J connectivity index is 5.53. The molecule has 54 heavy (non-hydrogen) atoms. The van der Waals surface area contributed by atoms with Crippen molar-refractivity contribution in [2.24, 2.45) is 23.2 Å². The average Bonchev–Trinajstić information content (AvgIpc) is 3.18. The van der Waals surface area contributed by atoms with Crippen LogP contribution in [0.2, 0.25) is 0 Å². The van der Waals surface area contributed by atoms with E-state index in [0.717, 1.165) is 114 Å². The van der Waals surface area contributed by atoms with Crippen molar-refractivity contribution in [1.82, 2.24) is 0 Å². The molecule has 0 heterocycles. The zero-order valence-electron chi connectivity index (χ0n) is 34.0. The van der Waals surface area contributed by atoms with Crippen LogP contribution in [0.5, 0.6) is 0 Å². The minimum atomic E-state index is -1.22. The maximum absolute atomic E-state index is 12.6. The van der Waals surface area contributed by atoms with Crippen molar-refractivity contribution in [1.29, 1.82) is 0 Å². The monoisotopic (exact) mass is 764 g/mol. The first-order valence-electron chi connectivity index (χ1n) is 20.0. The summed E-state index contributed by atoms with van der Waals surface area (Å²) in [6.45, 7) is 13.8. The molecule has 0 aromatic carbocycles. The van der Waals surface area contributed by atoms with Crippen molar-refractivity contribution < 1.29 is 57.2 Å². The first kappa shape index (κ1) is 50.0. The van der Waals surface area contributed by atoms with E-state index in [1.165, 1.54) is 0 Å². The molecule has 0 aliphatic carbocycles. The lowest BCUT2D eigenvalue weighted by atomic mass is 9.88. The van der Waals surface area contributed by atoms with Crippen molar-refractivity contribution in [3.63, 3.8) is 0 Å². The lowest BCUT2D eigenvalue weighted by molar-refractivity contribution is -0.157. The van der Waals surface area contributed by atoms with Crippen LogP contribution in [0.15, 0.2) is 36.5 Å². The molecule has 12 nitrogen and oxygen atoms in total. The lowest BCUT2D eigenvalue weighted by Crippen LogP contribution is -2.38. The maximum Gasteiger partial charge on any atom is 0.331 e. The highest BCUT2D eigenvalue weighted by Crippen LogP contribution is 2.25. The molecule has 0 aromatic heterocycles. The van der Waals surface area contributed by atoms with Gasteiger partial charge in [-0.05, 0) is 43.4 Å². The topological polar surface area (TPSA) is 158 Å². The minimum absolute atomic E-state index is 0.215. The fourth-order valence-corrected chi connectivity index (χ4v) is 5.10. The number of hydrogen-bond donors (Lipinski definition) is 0. The molecule has 0 aromatic rings. The molecular formula is C42H68O12. The summed E-state index contributed by atoms with van der Waals surface area (Å²) in [5, 5.41) is 0. The SMILES string of the molecule is CCCCC(CC)COC(=O)C=CC(=O)OCC(CC)(COC(=O)C=CC(=O)OCC(CC)CCCC)COC(=O)C=CC(=O)OCC(CC)CCCC. The van der Waals surface area contributed by atoms with Gasteiger partial charge in [-0.2, -0.15) is 0 Å². The van der Waals surface area contributed by atoms with Crippen LogP contribution < -0.4 is 0 Å². The molecule has 0 saturated heterocycles.